The molecule has 4 nitrogen and oxygen atoms in total. The summed E-state index contributed by atoms with van der Waals surface area (Å²) in [5, 5.41) is 7.37. The van der Waals surface area contributed by atoms with E-state index >= 15 is 0 Å². The number of sulfonamides is 1. The maximum Gasteiger partial charge on any atom is 0.248 e. The van der Waals surface area contributed by atoms with Crippen molar-refractivity contribution in [3.8, 4) is 6.07 Å². The van der Waals surface area contributed by atoms with Crippen molar-refractivity contribution in [1.29, 1.82) is 5.26 Å². The van der Waals surface area contributed by atoms with E-state index in [9.17, 15) is 12.8 Å². The van der Waals surface area contributed by atoms with E-state index in [-0.39, 0.29) is 5.69 Å². The van der Waals surface area contributed by atoms with Gasteiger partial charge in [0, 0.05) is 3.57 Å². The molecule has 1 rings (SSSR count). The first-order valence-corrected chi connectivity index (χ1v) is 6.85. The van der Waals surface area contributed by atoms with Crippen molar-refractivity contribution >= 4 is 38.3 Å². The summed E-state index contributed by atoms with van der Waals surface area (Å²) in [5.74, 6) is -0.444. The molecule has 7 heteroatoms. The fraction of sp³-hybridized carbons (Fsp3) is 0.222. The molecule has 0 spiro atoms. The summed E-state index contributed by atoms with van der Waals surface area (Å²) in [6, 6.07) is 5.30. The average Bonchev–Trinajstić information content (AvgIpc) is 2.21. The van der Waals surface area contributed by atoms with Gasteiger partial charge in [0.25, 0.3) is 0 Å². The Hall–Kier alpha value is -0.880. The fourth-order valence-electron chi connectivity index (χ4n) is 0.883. The lowest BCUT2D eigenvalue weighted by Crippen LogP contribution is -2.24. The van der Waals surface area contributed by atoms with Gasteiger partial charge in [0.1, 0.15) is 5.82 Å². The van der Waals surface area contributed by atoms with E-state index in [1.807, 2.05) is 22.6 Å². The van der Waals surface area contributed by atoms with Crippen LogP contribution in [0.3, 0.4) is 0 Å². The Morgan fingerprint density at radius 2 is 2.19 bits per heavy atom. The molecular formula is C9H8FIN2O2S. The van der Waals surface area contributed by atoms with Crippen LogP contribution in [0.5, 0.6) is 0 Å². The molecule has 0 aliphatic carbocycles. The second-order valence-corrected chi connectivity index (χ2v) is 6.21. The van der Waals surface area contributed by atoms with E-state index < -0.39 is 21.1 Å². The molecule has 0 aliphatic rings. The highest BCUT2D eigenvalue weighted by atomic mass is 127. The minimum absolute atomic E-state index is 0.268. The summed E-state index contributed by atoms with van der Waals surface area (Å²) >= 11 is 1.81. The van der Waals surface area contributed by atoms with Crippen LogP contribution < -0.4 is 4.72 Å². The molecule has 0 aromatic heterocycles. The monoisotopic (exact) mass is 354 g/mol. The highest BCUT2D eigenvalue weighted by Gasteiger charge is 2.20. The van der Waals surface area contributed by atoms with Gasteiger partial charge in [0.05, 0.1) is 11.8 Å². The molecule has 0 heterocycles. The van der Waals surface area contributed by atoms with Crippen LogP contribution in [0.25, 0.3) is 0 Å². The predicted octanol–water partition coefficient (Wildman–Crippen LogP) is 2.08. The second kappa shape index (κ2) is 4.97. The molecule has 1 aromatic carbocycles. The van der Waals surface area contributed by atoms with E-state index in [0.717, 1.165) is 6.07 Å². The van der Waals surface area contributed by atoms with Gasteiger partial charge < -0.3 is 0 Å². The van der Waals surface area contributed by atoms with E-state index in [1.54, 1.807) is 6.07 Å². The number of hydrogen-bond acceptors (Lipinski definition) is 3. The first-order valence-electron chi connectivity index (χ1n) is 4.23. The van der Waals surface area contributed by atoms with Crippen molar-refractivity contribution < 1.29 is 12.8 Å². The lowest BCUT2D eigenvalue weighted by molar-refractivity contribution is 0.597. The minimum Gasteiger partial charge on any atom is -0.281 e. The molecular weight excluding hydrogens is 346 g/mol. The highest BCUT2D eigenvalue weighted by molar-refractivity contribution is 14.1. The van der Waals surface area contributed by atoms with E-state index in [4.69, 9.17) is 5.26 Å². The number of benzene rings is 1. The van der Waals surface area contributed by atoms with Gasteiger partial charge in [-0.1, -0.05) is 0 Å². The molecule has 1 atom stereocenters. The SMILES string of the molecule is CC(C#N)S(=O)(=O)Nc1ccc(F)cc1I. The van der Waals surface area contributed by atoms with Gasteiger partial charge in [-0.3, -0.25) is 4.72 Å². The molecule has 16 heavy (non-hydrogen) atoms. The van der Waals surface area contributed by atoms with Crippen LogP contribution in [-0.4, -0.2) is 13.7 Å². The molecule has 0 fully saturated rings. The normalized spacial score (nSPS) is 12.9. The van der Waals surface area contributed by atoms with Gasteiger partial charge in [0.15, 0.2) is 5.25 Å². The number of rotatable bonds is 3. The smallest absolute Gasteiger partial charge is 0.248 e. The number of nitrogens with zero attached hydrogens (tertiary/aromatic N) is 1. The zero-order valence-electron chi connectivity index (χ0n) is 8.24. The Labute approximate surface area is 107 Å². The Balaban J connectivity index is 3.03. The van der Waals surface area contributed by atoms with Crippen LogP contribution in [0.15, 0.2) is 18.2 Å². The molecule has 0 radical (unpaired) electrons. The molecule has 1 N–H and O–H groups in total. The summed E-state index contributed by atoms with van der Waals surface area (Å²) < 4.78 is 38.5. The number of halogens is 2. The van der Waals surface area contributed by atoms with Crippen LogP contribution >= 0.6 is 22.6 Å². The number of nitrogens with one attached hydrogen (secondary N) is 1. The van der Waals surface area contributed by atoms with Gasteiger partial charge in [-0.2, -0.15) is 5.26 Å². The minimum atomic E-state index is -3.74. The molecule has 0 bridgehead atoms. The highest BCUT2D eigenvalue weighted by Crippen LogP contribution is 2.21. The zero-order chi connectivity index (χ0) is 12.3. The fourth-order valence-corrected chi connectivity index (χ4v) is 2.48. The summed E-state index contributed by atoms with van der Waals surface area (Å²) in [5.41, 5.74) is 0.268. The number of nitriles is 1. The van der Waals surface area contributed by atoms with E-state index in [2.05, 4.69) is 4.72 Å². The lowest BCUT2D eigenvalue weighted by Gasteiger charge is -2.10. The Morgan fingerprint density at radius 1 is 1.56 bits per heavy atom. The topological polar surface area (TPSA) is 70.0 Å². The van der Waals surface area contributed by atoms with Crippen molar-refractivity contribution in [2.45, 2.75) is 12.2 Å². The van der Waals surface area contributed by atoms with Crippen molar-refractivity contribution in [1.82, 2.24) is 0 Å². The first-order chi connectivity index (χ1) is 7.36. The van der Waals surface area contributed by atoms with Gasteiger partial charge >= 0.3 is 0 Å². The number of anilines is 1. The maximum absolute atomic E-state index is 12.8. The molecule has 0 amide bonds. The standard InChI is InChI=1S/C9H8FIN2O2S/c1-6(5-12)16(14,15)13-9-3-2-7(10)4-8(9)11/h2-4,6,13H,1H3. The molecule has 0 aliphatic heterocycles. The van der Waals surface area contributed by atoms with Crippen molar-refractivity contribution in [2.75, 3.05) is 4.72 Å². The Bertz CT molecular complexity index is 539. The van der Waals surface area contributed by atoms with Crippen LogP contribution in [0.1, 0.15) is 6.92 Å². The van der Waals surface area contributed by atoms with E-state index in [0.29, 0.717) is 3.57 Å². The van der Waals surface area contributed by atoms with Crippen molar-refractivity contribution in [3.63, 3.8) is 0 Å². The maximum atomic E-state index is 12.8. The summed E-state index contributed by atoms with van der Waals surface area (Å²) in [4.78, 5) is 0. The van der Waals surface area contributed by atoms with Crippen LogP contribution in [0.2, 0.25) is 0 Å². The number of hydrogen-bond donors (Lipinski definition) is 1. The molecule has 0 saturated carbocycles. The van der Waals surface area contributed by atoms with Crippen LogP contribution in [-0.2, 0) is 10.0 Å². The lowest BCUT2D eigenvalue weighted by atomic mass is 10.3. The van der Waals surface area contributed by atoms with Crippen molar-refractivity contribution in [3.05, 3.63) is 27.6 Å². The van der Waals surface area contributed by atoms with Gasteiger partial charge in [-0.05, 0) is 47.7 Å². The van der Waals surface area contributed by atoms with Crippen LogP contribution in [0, 0.1) is 20.7 Å². The van der Waals surface area contributed by atoms with Crippen LogP contribution in [0.4, 0.5) is 10.1 Å². The summed E-state index contributed by atoms with van der Waals surface area (Å²) in [7, 11) is -3.74. The zero-order valence-corrected chi connectivity index (χ0v) is 11.2. The molecule has 0 saturated heterocycles. The third-order valence-corrected chi connectivity index (χ3v) is 4.26. The first kappa shape index (κ1) is 13.2. The average molecular weight is 354 g/mol. The third kappa shape index (κ3) is 3.05. The molecule has 1 unspecified atom stereocenters. The van der Waals surface area contributed by atoms with Gasteiger partial charge in [0.2, 0.25) is 10.0 Å². The summed E-state index contributed by atoms with van der Waals surface area (Å²) in [6.07, 6.45) is 0. The largest absolute Gasteiger partial charge is 0.281 e. The Morgan fingerprint density at radius 3 is 2.69 bits per heavy atom. The molecule has 86 valence electrons. The van der Waals surface area contributed by atoms with E-state index in [1.165, 1.54) is 19.1 Å². The summed E-state index contributed by atoms with van der Waals surface area (Å²) in [6.45, 7) is 1.28. The Kier molecular flexibility index (Phi) is 4.09. The second-order valence-electron chi connectivity index (χ2n) is 3.04. The molecule has 1 aromatic rings. The predicted molar refractivity (Wildman–Crippen MR) is 66.7 cm³/mol. The van der Waals surface area contributed by atoms with Gasteiger partial charge in [-0.15, -0.1) is 0 Å². The third-order valence-electron chi connectivity index (χ3n) is 1.83. The quantitative estimate of drug-likeness (QED) is 0.845. The van der Waals surface area contributed by atoms with Crippen molar-refractivity contribution in [2.24, 2.45) is 0 Å². The van der Waals surface area contributed by atoms with Gasteiger partial charge in [-0.25, -0.2) is 12.8 Å².